The summed E-state index contributed by atoms with van der Waals surface area (Å²) in [6.45, 7) is 0. The van der Waals surface area contributed by atoms with Gasteiger partial charge in [-0.25, -0.2) is 0 Å². The molecule has 0 aliphatic rings. The monoisotopic (exact) mass is 326 g/mol. The molecule has 0 saturated heterocycles. The van der Waals surface area contributed by atoms with E-state index in [2.05, 4.69) is 5.32 Å². The van der Waals surface area contributed by atoms with Crippen molar-refractivity contribution in [2.24, 2.45) is 0 Å². The molecule has 0 heterocycles. The Bertz CT molecular complexity index is 717. The first kappa shape index (κ1) is 15.1. The Hall–Kier alpha value is -2.31. The van der Waals surface area contributed by atoms with Crippen LogP contribution < -0.4 is 5.32 Å². The number of benzene rings is 2. The molecule has 0 radical (unpaired) electrons. The number of hydrogen-bond donors (Lipinski definition) is 2. The van der Waals surface area contributed by atoms with E-state index in [4.69, 9.17) is 28.3 Å². The molecule has 0 unspecified atom stereocenters. The Balaban J connectivity index is 2.31. The summed E-state index contributed by atoms with van der Waals surface area (Å²) in [7, 11) is 0. The van der Waals surface area contributed by atoms with Gasteiger partial charge >= 0.3 is 0 Å². The summed E-state index contributed by atoms with van der Waals surface area (Å²) in [5.41, 5.74) is -0.0178. The first-order chi connectivity index (χ1) is 9.88. The molecule has 6 nitrogen and oxygen atoms in total. The standard InChI is InChI=1S/C13H8Cl2N2O4/c14-10-5-7(6-11(12(10)15)17(20)21)13(19)16-8-1-3-9(18)4-2-8/h1-6,18H,(H,16,19). The molecule has 0 aliphatic carbocycles. The van der Waals surface area contributed by atoms with Gasteiger partial charge in [0.2, 0.25) is 0 Å². The van der Waals surface area contributed by atoms with Crippen molar-refractivity contribution in [1.82, 2.24) is 0 Å². The van der Waals surface area contributed by atoms with Gasteiger partial charge < -0.3 is 10.4 Å². The highest BCUT2D eigenvalue weighted by Crippen LogP contribution is 2.33. The Morgan fingerprint density at radius 3 is 2.38 bits per heavy atom. The van der Waals surface area contributed by atoms with Gasteiger partial charge in [-0.05, 0) is 30.3 Å². The van der Waals surface area contributed by atoms with Gasteiger partial charge in [0.05, 0.1) is 9.95 Å². The van der Waals surface area contributed by atoms with Crippen molar-refractivity contribution in [3.63, 3.8) is 0 Å². The minimum atomic E-state index is -0.717. The smallest absolute Gasteiger partial charge is 0.290 e. The lowest BCUT2D eigenvalue weighted by Gasteiger charge is -2.07. The number of nitrogens with zero attached hydrogens (tertiary/aromatic N) is 1. The maximum Gasteiger partial charge on any atom is 0.290 e. The third-order valence-electron chi connectivity index (χ3n) is 2.59. The van der Waals surface area contributed by atoms with E-state index < -0.39 is 16.5 Å². The second-order valence-corrected chi connectivity index (χ2v) is 4.83. The molecule has 0 spiro atoms. The number of halogens is 2. The number of hydrogen-bond acceptors (Lipinski definition) is 4. The summed E-state index contributed by atoms with van der Waals surface area (Å²) in [6, 6.07) is 8.05. The van der Waals surface area contributed by atoms with E-state index in [1.807, 2.05) is 0 Å². The van der Waals surface area contributed by atoms with E-state index in [0.717, 1.165) is 6.07 Å². The zero-order valence-electron chi connectivity index (χ0n) is 10.3. The first-order valence-corrected chi connectivity index (χ1v) is 6.38. The summed E-state index contributed by atoms with van der Waals surface area (Å²) in [4.78, 5) is 22.2. The lowest BCUT2D eigenvalue weighted by Crippen LogP contribution is -2.12. The molecule has 21 heavy (non-hydrogen) atoms. The van der Waals surface area contributed by atoms with Gasteiger partial charge in [-0.1, -0.05) is 23.2 Å². The minimum Gasteiger partial charge on any atom is -0.508 e. The van der Waals surface area contributed by atoms with E-state index in [-0.39, 0.29) is 21.4 Å². The summed E-state index contributed by atoms with van der Waals surface area (Å²) in [6.07, 6.45) is 0. The number of phenolic OH excluding ortho intramolecular Hbond substituents is 1. The van der Waals surface area contributed by atoms with Crippen LogP contribution in [0.3, 0.4) is 0 Å². The molecule has 1 amide bonds. The second-order valence-electron chi connectivity index (χ2n) is 4.05. The van der Waals surface area contributed by atoms with Gasteiger partial charge in [0, 0.05) is 17.3 Å². The van der Waals surface area contributed by atoms with Crippen LogP contribution in [0.1, 0.15) is 10.4 Å². The summed E-state index contributed by atoms with van der Waals surface area (Å²) in [5, 5.41) is 22.2. The highest BCUT2D eigenvalue weighted by atomic mass is 35.5. The number of carbonyl (C=O) groups is 1. The Morgan fingerprint density at radius 1 is 1.19 bits per heavy atom. The third kappa shape index (κ3) is 3.42. The Morgan fingerprint density at radius 2 is 1.81 bits per heavy atom. The van der Waals surface area contributed by atoms with Crippen LogP contribution in [0.4, 0.5) is 11.4 Å². The molecule has 8 heteroatoms. The number of carbonyl (C=O) groups excluding carboxylic acids is 1. The lowest BCUT2D eigenvalue weighted by atomic mass is 10.2. The molecular formula is C13H8Cl2N2O4. The summed E-state index contributed by atoms with van der Waals surface area (Å²) >= 11 is 11.5. The number of aromatic hydroxyl groups is 1. The van der Waals surface area contributed by atoms with Gasteiger partial charge in [0.25, 0.3) is 11.6 Å². The van der Waals surface area contributed by atoms with Crippen LogP contribution >= 0.6 is 23.2 Å². The van der Waals surface area contributed by atoms with Gasteiger partial charge in [0.15, 0.2) is 0 Å². The van der Waals surface area contributed by atoms with E-state index in [1.165, 1.54) is 30.3 Å². The molecule has 0 aliphatic heterocycles. The van der Waals surface area contributed by atoms with Crippen molar-refractivity contribution < 1.29 is 14.8 Å². The van der Waals surface area contributed by atoms with Crippen LogP contribution in [-0.2, 0) is 0 Å². The molecule has 108 valence electrons. The molecule has 0 fully saturated rings. The topological polar surface area (TPSA) is 92.5 Å². The quantitative estimate of drug-likeness (QED) is 0.508. The minimum absolute atomic E-state index is 0.00387. The van der Waals surface area contributed by atoms with Gasteiger partial charge in [0.1, 0.15) is 10.8 Å². The van der Waals surface area contributed by atoms with Crippen LogP contribution in [0.5, 0.6) is 5.75 Å². The molecule has 0 bridgehead atoms. The average Bonchev–Trinajstić information content (AvgIpc) is 2.43. The third-order valence-corrected chi connectivity index (χ3v) is 3.39. The fourth-order valence-electron chi connectivity index (χ4n) is 1.59. The van der Waals surface area contributed by atoms with Crippen LogP contribution in [0, 0.1) is 10.1 Å². The van der Waals surface area contributed by atoms with E-state index in [1.54, 1.807) is 0 Å². The molecule has 2 aromatic carbocycles. The number of nitro benzene ring substituents is 1. The van der Waals surface area contributed by atoms with Crippen molar-refractivity contribution in [2.75, 3.05) is 5.32 Å². The number of phenols is 1. The molecule has 2 rings (SSSR count). The van der Waals surface area contributed by atoms with Crippen LogP contribution in [0.2, 0.25) is 10.0 Å². The lowest BCUT2D eigenvalue weighted by molar-refractivity contribution is -0.384. The molecule has 0 saturated carbocycles. The molecule has 2 N–H and O–H groups in total. The highest BCUT2D eigenvalue weighted by Gasteiger charge is 2.20. The van der Waals surface area contributed by atoms with E-state index in [0.29, 0.717) is 5.69 Å². The summed E-state index contributed by atoms with van der Waals surface area (Å²) in [5.74, 6) is -0.527. The van der Waals surface area contributed by atoms with Crippen molar-refractivity contribution in [1.29, 1.82) is 0 Å². The Labute approximate surface area is 129 Å². The molecule has 0 atom stereocenters. The van der Waals surface area contributed by atoms with Crippen LogP contribution in [0.15, 0.2) is 36.4 Å². The van der Waals surface area contributed by atoms with Gasteiger partial charge in [-0.3, -0.25) is 14.9 Å². The second kappa shape index (κ2) is 5.99. The van der Waals surface area contributed by atoms with Gasteiger partial charge in [-0.2, -0.15) is 0 Å². The molecule has 2 aromatic rings. The fraction of sp³-hybridized carbons (Fsp3) is 0. The molecular weight excluding hydrogens is 319 g/mol. The zero-order chi connectivity index (χ0) is 15.6. The first-order valence-electron chi connectivity index (χ1n) is 5.62. The zero-order valence-corrected chi connectivity index (χ0v) is 11.9. The number of amides is 1. The average molecular weight is 327 g/mol. The maximum atomic E-state index is 12.0. The fourth-order valence-corrected chi connectivity index (χ4v) is 1.98. The van der Waals surface area contributed by atoms with E-state index in [9.17, 15) is 14.9 Å². The van der Waals surface area contributed by atoms with Gasteiger partial charge in [-0.15, -0.1) is 0 Å². The van der Waals surface area contributed by atoms with Crippen LogP contribution in [-0.4, -0.2) is 15.9 Å². The van der Waals surface area contributed by atoms with Crippen molar-refractivity contribution in [2.45, 2.75) is 0 Å². The SMILES string of the molecule is O=C(Nc1ccc(O)cc1)c1cc(Cl)c(Cl)c([N+](=O)[O-])c1. The predicted molar refractivity (Wildman–Crippen MR) is 79.2 cm³/mol. The van der Waals surface area contributed by atoms with Crippen molar-refractivity contribution >= 4 is 40.5 Å². The molecule has 0 aromatic heterocycles. The van der Waals surface area contributed by atoms with E-state index >= 15 is 0 Å². The normalized spacial score (nSPS) is 10.2. The number of nitrogens with one attached hydrogen (secondary N) is 1. The summed E-state index contributed by atoms with van der Waals surface area (Å²) < 4.78 is 0. The van der Waals surface area contributed by atoms with Crippen LogP contribution in [0.25, 0.3) is 0 Å². The predicted octanol–water partition coefficient (Wildman–Crippen LogP) is 3.86. The number of nitro groups is 1. The Kier molecular flexibility index (Phi) is 4.30. The maximum absolute atomic E-state index is 12.0. The number of anilines is 1. The van der Waals surface area contributed by atoms with Crippen molar-refractivity contribution in [3.8, 4) is 5.75 Å². The van der Waals surface area contributed by atoms with Crippen molar-refractivity contribution in [3.05, 3.63) is 62.1 Å². The highest BCUT2D eigenvalue weighted by molar-refractivity contribution is 6.43. The number of rotatable bonds is 3. The largest absolute Gasteiger partial charge is 0.508 e.